The molecule has 1 amide bonds. The van der Waals surface area contributed by atoms with Crippen molar-refractivity contribution in [2.45, 2.75) is 39.7 Å². The first-order valence-electron chi connectivity index (χ1n) is 6.76. The van der Waals surface area contributed by atoms with Gasteiger partial charge in [-0.3, -0.25) is 4.79 Å². The molecule has 0 aliphatic heterocycles. The Kier molecular flexibility index (Phi) is 4.29. The number of hydrogen-bond donors (Lipinski definition) is 3. The molecule has 2 rings (SSSR count). The number of rotatable bonds is 5. The predicted molar refractivity (Wildman–Crippen MR) is 79.5 cm³/mol. The second-order valence-electron chi connectivity index (χ2n) is 5.76. The highest BCUT2D eigenvalue weighted by Crippen LogP contribution is 2.29. The summed E-state index contributed by atoms with van der Waals surface area (Å²) in [5.41, 5.74) is 5.81. The molecule has 0 radical (unpaired) electrons. The Hall–Kier alpha value is -1.30. The standard InChI is InChI=1S/C13H22N4OS/c1-7(2)6-15-13-17-11(14)10(19-13)12(18)16-9-4-8(3)5-9/h7-9H,4-6,14H2,1-3H3,(H,15,17)(H,16,18). The van der Waals surface area contributed by atoms with Gasteiger partial charge in [-0.2, -0.15) is 0 Å². The lowest BCUT2D eigenvalue weighted by atomic mass is 9.82. The lowest BCUT2D eigenvalue weighted by molar-refractivity contribution is 0.0901. The summed E-state index contributed by atoms with van der Waals surface area (Å²) in [5.74, 6) is 1.47. The third-order valence-electron chi connectivity index (χ3n) is 3.23. The molecule has 0 atom stereocenters. The van der Waals surface area contributed by atoms with E-state index in [1.54, 1.807) is 0 Å². The van der Waals surface area contributed by atoms with Crippen molar-refractivity contribution in [3.63, 3.8) is 0 Å². The molecule has 0 unspecified atom stereocenters. The van der Waals surface area contributed by atoms with Gasteiger partial charge in [0.25, 0.3) is 5.91 Å². The molecule has 1 fully saturated rings. The number of nitrogens with two attached hydrogens (primary N) is 1. The van der Waals surface area contributed by atoms with E-state index in [1.165, 1.54) is 11.3 Å². The Bertz CT molecular complexity index is 451. The van der Waals surface area contributed by atoms with Gasteiger partial charge >= 0.3 is 0 Å². The summed E-state index contributed by atoms with van der Waals surface area (Å²) in [4.78, 5) is 16.8. The maximum Gasteiger partial charge on any atom is 0.265 e. The molecule has 1 aliphatic rings. The van der Waals surface area contributed by atoms with Gasteiger partial charge in [0, 0.05) is 12.6 Å². The Morgan fingerprint density at radius 2 is 2.21 bits per heavy atom. The van der Waals surface area contributed by atoms with Crippen molar-refractivity contribution in [1.29, 1.82) is 0 Å². The first kappa shape index (κ1) is 14.1. The average molecular weight is 282 g/mol. The van der Waals surface area contributed by atoms with Crippen molar-refractivity contribution in [2.24, 2.45) is 11.8 Å². The maximum atomic E-state index is 12.1. The number of thiazole rings is 1. The van der Waals surface area contributed by atoms with Gasteiger partial charge in [0.2, 0.25) is 0 Å². The predicted octanol–water partition coefficient (Wildman–Crippen LogP) is 2.32. The van der Waals surface area contributed by atoms with Gasteiger partial charge in [-0.1, -0.05) is 32.1 Å². The topological polar surface area (TPSA) is 80.0 Å². The minimum absolute atomic E-state index is 0.0931. The van der Waals surface area contributed by atoms with Crippen LogP contribution < -0.4 is 16.4 Å². The van der Waals surface area contributed by atoms with E-state index in [0.717, 1.165) is 24.5 Å². The molecule has 19 heavy (non-hydrogen) atoms. The lowest BCUT2D eigenvalue weighted by Crippen LogP contribution is -2.43. The van der Waals surface area contributed by atoms with Crippen molar-refractivity contribution in [3.8, 4) is 0 Å². The monoisotopic (exact) mass is 282 g/mol. The largest absolute Gasteiger partial charge is 0.382 e. The van der Waals surface area contributed by atoms with E-state index in [2.05, 4.69) is 36.4 Å². The molecule has 0 saturated heterocycles. The van der Waals surface area contributed by atoms with E-state index in [9.17, 15) is 4.79 Å². The van der Waals surface area contributed by atoms with Crippen LogP contribution in [0.2, 0.25) is 0 Å². The Balaban J connectivity index is 1.93. The Morgan fingerprint density at radius 1 is 1.53 bits per heavy atom. The van der Waals surface area contributed by atoms with Gasteiger partial charge in [-0.05, 0) is 24.7 Å². The molecule has 6 heteroatoms. The number of amides is 1. The molecule has 0 spiro atoms. The highest BCUT2D eigenvalue weighted by atomic mass is 32.1. The van der Waals surface area contributed by atoms with Crippen LogP contribution in [0.1, 0.15) is 43.3 Å². The molecule has 106 valence electrons. The highest BCUT2D eigenvalue weighted by Gasteiger charge is 2.28. The smallest absolute Gasteiger partial charge is 0.265 e. The number of carbonyl (C=O) groups excluding carboxylic acids is 1. The highest BCUT2D eigenvalue weighted by molar-refractivity contribution is 7.18. The van der Waals surface area contributed by atoms with Crippen LogP contribution in [0.4, 0.5) is 10.9 Å². The zero-order chi connectivity index (χ0) is 14.0. The lowest BCUT2D eigenvalue weighted by Gasteiger charge is -2.33. The van der Waals surface area contributed by atoms with E-state index < -0.39 is 0 Å². The number of nitrogen functional groups attached to an aromatic ring is 1. The zero-order valence-corrected chi connectivity index (χ0v) is 12.5. The van der Waals surface area contributed by atoms with Crippen LogP contribution in [0.3, 0.4) is 0 Å². The molecule has 5 nitrogen and oxygen atoms in total. The van der Waals surface area contributed by atoms with Gasteiger partial charge < -0.3 is 16.4 Å². The Morgan fingerprint density at radius 3 is 2.79 bits per heavy atom. The van der Waals surface area contributed by atoms with Crippen LogP contribution in [0.25, 0.3) is 0 Å². The fourth-order valence-corrected chi connectivity index (χ4v) is 2.93. The summed E-state index contributed by atoms with van der Waals surface area (Å²) >= 11 is 1.33. The van der Waals surface area contributed by atoms with Crippen molar-refractivity contribution in [2.75, 3.05) is 17.6 Å². The normalized spacial score (nSPS) is 22.1. The van der Waals surface area contributed by atoms with Crippen LogP contribution >= 0.6 is 11.3 Å². The second-order valence-corrected chi connectivity index (χ2v) is 6.75. The minimum atomic E-state index is -0.0931. The molecule has 1 aromatic rings. The third kappa shape index (κ3) is 3.59. The number of nitrogens with zero attached hydrogens (tertiary/aromatic N) is 1. The molecule has 1 heterocycles. The molecular weight excluding hydrogens is 260 g/mol. The zero-order valence-electron chi connectivity index (χ0n) is 11.7. The van der Waals surface area contributed by atoms with Crippen molar-refractivity contribution in [1.82, 2.24) is 10.3 Å². The van der Waals surface area contributed by atoms with Crippen molar-refractivity contribution in [3.05, 3.63) is 4.88 Å². The number of nitrogens with one attached hydrogen (secondary N) is 2. The van der Waals surface area contributed by atoms with Crippen LogP contribution in [-0.2, 0) is 0 Å². The van der Waals surface area contributed by atoms with E-state index in [0.29, 0.717) is 28.6 Å². The van der Waals surface area contributed by atoms with E-state index >= 15 is 0 Å². The first-order valence-corrected chi connectivity index (χ1v) is 7.58. The van der Waals surface area contributed by atoms with Crippen LogP contribution in [0, 0.1) is 11.8 Å². The quantitative estimate of drug-likeness (QED) is 0.774. The number of aromatic nitrogens is 1. The fraction of sp³-hybridized carbons (Fsp3) is 0.692. The van der Waals surface area contributed by atoms with Gasteiger partial charge in [-0.15, -0.1) is 0 Å². The minimum Gasteiger partial charge on any atom is -0.382 e. The van der Waals surface area contributed by atoms with Crippen LogP contribution in [0.15, 0.2) is 0 Å². The molecule has 0 aromatic carbocycles. The SMILES string of the molecule is CC(C)CNc1nc(N)c(C(=O)NC2CC(C)C2)s1. The maximum absolute atomic E-state index is 12.1. The molecular formula is C13H22N4OS. The summed E-state index contributed by atoms with van der Waals surface area (Å²) < 4.78 is 0. The van der Waals surface area contributed by atoms with Crippen molar-refractivity contribution < 1.29 is 4.79 Å². The number of anilines is 2. The van der Waals surface area contributed by atoms with Gasteiger partial charge in [0.05, 0.1) is 0 Å². The summed E-state index contributed by atoms with van der Waals surface area (Å²) in [7, 11) is 0. The van der Waals surface area contributed by atoms with Gasteiger partial charge in [0.15, 0.2) is 5.13 Å². The van der Waals surface area contributed by atoms with Gasteiger partial charge in [0.1, 0.15) is 10.7 Å². The van der Waals surface area contributed by atoms with Crippen molar-refractivity contribution >= 4 is 28.2 Å². The number of carbonyl (C=O) groups is 1. The second kappa shape index (κ2) is 5.77. The van der Waals surface area contributed by atoms with Crippen LogP contribution in [-0.4, -0.2) is 23.5 Å². The fourth-order valence-electron chi connectivity index (χ4n) is 2.13. The first-order chi connectivity index (χ1) is 8.95. The summed E-state index contributed by atoms with van der Waals surface area (Å²) in [6.07, 6.45) is 2.12. The average Bonchev–Trinajstić information content (AvgIpc) is 2.66. The van der Waals surface area contributed by atoms with Gasteiger partial charge in [-0.25, -0.2) is 4.98 Å². The van der Waals surface area contributed by atoms with Crippen LogP contribution in [0.5, 0.6) is 0 Å². The summed E-state index contributed by atoms with van der Waals surface area (Å²) in [5, 5.41) is 6.92. The molecule has 1 saturated carbocycles. The molecule has 0 bridgehead atoms. The molecule has 1 aromatic heterocycles. The van der Waals surface area contributed by atoms with E-state index in [4.69, 9.17) is 5.73 Å². The van der Waals surface area contributed by atoms with E-state index in [1.807, 2.05) is 0 Å². The van der Waals surface area contributed by atoms with E-state index in [-0.39, 0.29) is 5.91 Å². The summed E-state index contributed by atoms with van der Waals surface area (Å²) in [6.45, 7) is 7.26. The third-order valence-corrected chi connectivity index (χ3v) is 4.26. The summed E-state index contributed by atoms with van der Waals surface area (Å²) in [6, 6.07) is 0.302. The molecule has 1 aliphatic carbocycles. The number of hydrogen-bond acceptors (Lipinski definition) is 5. The molecule has 4 N–H and O–H groups in total. The Labute approximate surface area is 118 Å².